The molecule has 1 saturated heterocycles. The van der Waals surface area contributed by atoms with Gasteiger partial charge in [-0.15, -0.1) is 0 Å². The number of nitrogens with zero attached hydrogens (tertiary/aromatic N) is 5. The number of β-amino-alcohol motifs (C(OH)–C–C–N with tert-alkyl or cyclic N) is 1. The molecular formula is C17H18FN5O. The van der Waals surface area contributed by atoms with E-state index in [9.17, 15) is 9.50 Å². The average molecular weight is 327 g/mol. The van der Waals surface area contributed by atoms with Crippen molar-refractivity contribution in [1.29, 1.82) is 0 Å². The van der Waals surface area contributed by atoms with E-state index in [0.717, 1.165) is 17.8 Å². The molecular weight excluding hydrogens is 309 g/mol. The second kappa shape index (κ2) is 5.83. The van der Waals surface area contributed by atoms with Gasteiger partial charge in [-0.25, -0.2) is 19.3 Å². The van der Waals surface area contributed by atoms with Crippen LogP contribution < -0.4 is 4.90 Å². The van der Waals surface area contributed by atoms with Gasteiger partial charge in [0.1, 0.15) is 12.1 Å². The third kappa shape index (κ3) is 2.41. The van der Waals surface area contributed by atoms with Crippen molar-refractivity contribution in [2.24, 2.45) is 0 Å². The smallest absolute Gasteiger partial charge is 0.165 e. The van der Waals surface area contributed by atoms with E-state index in [2.05, 4.69) is 15.0 Å². The van der Waals surface area contributed by atoms with Crippen LogP contribution in [0.15, 0.2) is 36.9 Å². The first kappa shape index (κ1) is 15.0. The summed E-state index contributed by atoms with van der Waals surface area (Å²) in [6, 6.07) is 6.36. The lowest BCUT2D eigenvalue weighted by Crippen LogP contribution is -2.25. The standard InChI is InChI=1S/C17H18FN5O/c1-2-22-10-21-15-16(22)19-9-20-17(15)23-8-13(24)7-14(23)11-4-3-5-12(18)6-11/h3-6,9-10,13-14,24H,2,7-8H2,1H3/t13-,14-/m0/s1. The highest BCUT2D eigenvalue weighted by Crippen LogP contribution is 2.37. The normalized spacial score (nSPS) is 20.9. The van der Waals surface area contributed by atoms with Crippen molar-refractivity contribution >= 4 is 17.0 Å². The van der Waals surface area contributed by atoms with Crippen LogP contribution in [0.2, 0.25) is 0 Å². The second-order valence-electron chi connectivity index (χ2n) is 6.01. The molecule has 2 aromatic heterocycles. The molecule has 0 bridgehead atoms. The van der Waals surface area contributed by atoms with Gasteiger partial charge < -0.3 is 14.6 Å². The first-order chi connectivity index (χ1) is 11.7. The highest BCUT2D eigenvalue weighted by Gasteiger charge is 2.34. The highest BCUT2D eigenvalue weighted by atomic mass is 19.1. The average Bonchev–Trinajstić information content (AvgIpc) is 3.17. The van der Waals surface area contributed by atoms with Gasteiger partial charge in [0.2, 0.25) is 0 Å². The van der Waals surface area contributed by atoms with Gasteiger partial charge in [-0.3, -0.25) is 0 Å². The molecule has 0 spiro atoms. The summed E-state index contributed by atoms with van der Waals surface area (Å²) in [5, 5.41) is 10.2. The Morgan fingerprint density at radius 1 is 1.29 bits per heavy atom. The number of aromatic nitrogens is 4. The molecule has 0 saturated carbocycles. The zero-order valence-corrected chi connectivity index (χ0v) is 13.3. The first-order valence-electron chi connectivity index (χ1n) is 8.03. The maximum Gasteiger partial charge on any atom is 0.165 e. The molecule has 1 fully saturated rings. The number of rotatable bonds is 3. The van der Waals surface area contributed by atoms with Crippen LogP contribution in [0.5, 0.6) is 0 Å². The molecule has 2 atom stereocenters. The van der Waals surface area contributed by atoms with Gasteiger partial charge in [0.25, 0.3) is 0 Å². The zero-order valence-electron chi connectivity index (χ0n) is 13.3. The van der Waals surface area contributed by atoms with Crippen LogP contribution in [-0.2, 0) is 6.54 Å². The summed E-state index contributed by atoms with van der Waals surface area (Å²) >= 11 is 0. The summed E-state index contributed by atoms with van der Waals surface area (Å²) in [5.41, 5.74) is 2.30. The number of benzene rings is 1. The van der Waals surface area contributed by atoms with Crippen LogP contribution in [0.25, 0.3) is 11.2 Å². The van der Waals surface area contributed by atoms with Gasteiger partial charge in [0, 0.05) is 13.1 Å². The van der Waals surface area contributed by atoms with Crippen LogP contribution in [0.4, 0.5) is 10.2 Å². The molecule has 6 nitrogen and oxygen atoms in total. The van der Waals surface area contributed by atoms with Crippen LogP contribution in [0.3, 0.4) is 0 Å². The highest BCUT2D eigenvalue weighted by molar-refractivity contribution is 5.83. The van der Waals surface area contributed by atoms with Crippen molar-refractivity contribution in [2.75, 3.05) is 11.4 Å². The van der Waals surface area contributed by atoms with Crippen LogP contribution >= 0.6 is 0 Å². The van der Waals surface area contributed by atoms with E-state index in [1.54, 1.807) is 12.4 Å². The Morgan fingerprint density at radius 2 is 2.17 bits per heavy atom. The summed E-state index contributed by atoms with van der Waals surface area (Å²) in [4.78, 5) is 15.2. The number of aliphatic hydroxyl groups excluding tert-OH is 1. The molecule has 1 aliphatic rings. The fourth-order valence-corrected chi connectivity index (χ4v) is 3.39. The van der Waals surface area contributed by atoms with E-state index in [4.69, 9.17) is 0 Å². The van der Waals surface area contributed by atoms with Gasteiger partial charge in [-0.05, 0) is 31.0 Å². The number of hydrogen-bond donors (Lipinski definition) is 1. The van der Waals surface area contributed by atoms with E-state index < -0.39 is 6.10 Å². The fourth-order valence-electron chi connectivity index (χ4n) is 3.39. The minimum absolute atomic E-state index is 0.138. The van der Waals surface area contributed by atoms with E-state index >= 15 is 0 Å². The Labute approximate surface area is 138 Å². The minimum atomic E-state index is -0.489. The quantitative estimate of drug-likeness (QED) is 0.799. The topological polar surface area (TPSA) is 67.1 Å². The molecule has 0 radical (unpaired) electrons. The summed E-state index contributed by atoms with van der Waals surface area (Å²) in [5.74, 6) is 0.398. The third-order valence-corrected chi connectivity index (χ3v) is 4.51. The lowest BCUT2D eigenvalue weighted by Gasteiger charge is -2.25. The fraction of sp³-hybridized carbons (Fsp3) is 0.353. The number of fused-ring (bicyclic) bond motifs is 1. The molecule has 0 unspecified atom stereocenters. The van der Waals surface area contributed by atoms with Crippen LogP contribution in [0, 0.1) is 5.82 Å². The van der Waals surface area contributed by atoms with Crippen molar-refractivity contribution in [3.8, 4) is 0 Å². The van der Waals surface area contributed by atoms with Gasteiger partial charge in [-0.1, -0.05) is 12.1 Å². The van der Waals surface area contributed by atoms with E-state index in [-0.39, 0.29) is 11.9 Å². The summed E-state index contributed by atoms with van der Waals surface area (Å²) in [6.45, 7) is 3.23. The van der Waals surface area contributed by atoms with Crippen LogP contribution in [0.1, 0.15) is 24.9 Å². The lowest BCUT2D eigenvalue weighted by atomic mass is 10.0. The Bertz CT molecular complexity index is 880. The van der Waals surface area contributed by atoms with Crippen molar-refractivity contribution < 1.29 is 9.50 Å². The molecule has 1 N–H and O–H groups in total. The number of aliphatic hydroxyl groups is 1. The maximum absolute atomic E-state index is 13.6. The van der Waals surface area contributed by atoms with Gasteiger partial charge >= 0.3 is 0 Å². The number of aryl methyl sites for hydroxylation is 1. The predicted octanol–water partition coefficient (Wildman–Crippen LogP) is 2.30. The number of hydrogen-bond acceptors (Lipinski definition) is 5. The Kier molecular flexibility index (Phi) is 3.65. The van der Waals surface area contributed by atoms with Crippen molar-refractivity contribution in [3.05, 3.63) is 48.3 Å². The van der Waals surface area contributed by atoms with E-state index in [1.807, 2.05) is 22.5 Å². The lowest BCUT2D eigenvalue weighted by molar-refractivity contribution is 0.194. The number of halogens is 1. The molecule has 4 rings (SSSR count). The largest absolute Gasteiger partial charge is 0.391 e. The molecule has 124 valence electrons. The van der Waals surface area contributed by atoms with Gasteiger partial charge in [-0.2, -0.15) is 0 Å². The number of anilines is 1. The molecule has 7 heteroatoms. The third-order valence-electron chi connectivity index (χ3n) is 4.51. The van der Waals surface area contributed by atoms with E-state index in [0.29, 0.717) is 24.3 Å². The van der Waals surface area contributed by atoms with Crippen molar-refractivity contribution in [3.63, 3.8) is 0 Å². The van der Waals surface area contributed by atoms with Crippen molar-refractivity contribution in [2.45, 2.75) is 32.0 Å². The summed E-state index contributed by atoms with van der Waals surface area (Å²) in [7, 11) is 0. The molecule has 24 heavy (non-hydrogen) atoms. The zero-order chi connectivity index (χ0) is 16.7. The summed E-state index contributed by atoms with van der Waals surface area (Å²) < 4.78 is 15.6. The van der Waals surface area contributed by atoms with Crippen molar-refractivity contribution in [1.82, 2.24) is 19.5 Å². The second-order valence-corrected chi connectivity index (χ2v) is 6.01. The minimum Gasteiger partial charge on any atom is -0.391 e. The molecule has 3 heterocycles. The molecule has 0 amide bonds. The predicted molar refractivity (Wildman–Crippen MR) is 88.1 cm³/mol. The summed E-state index contributed by atoms with van der Waals surface area (Å²) in [6.07, 6.45) is 3.30. The van der Waals surface area contributed by atoms with Crippen LogP contribution in [-0.4, -0.2) is 37.3 Å². The SMILES string of the molecule is CCn1cnc2c(N3C[C@@H](O)C[C@H]3c3cccc(F)c3)ncnc21. The Morgan fingerprint density at radius 3 is 2.96 bits per heavy atom. The first-order valence-corrected chi connectivity index (χ1v) is 8.03. The molecule has 1 aromatic carbocycles. The van der Waals surface area contributed by atoms with E-state index in [1.165, 1.54) is 18.5 Å². The van der Waals surface area contributed by atoms with Gasteiger partial charge in [0.15, 0.2) is 17.0 Å². The Hall–Kier alpha value is -2.54. The monoisotopic (exact) mass is 327 g/mol. The molecule has 3 aromatic rings. The molecule has 1 aliphatic heterocycles. The Balaban J connectivity index is 1.81. The molecule has 0 aliphatic carbocycles. The number of imidazole rings is 1. The maximum atomic E-state index is 13.6. The van der Waals surface area contributed by atoms with Gasteiger partial charge in [0.05, 0.1) is 18.5 Å².